The highest BCUT2D eigenvalue weighted by Gasteiger charge is 2.42. The van der Waals surface area contributed by atoms with Gasteiger partial charge in [-0.1, -0.05) is 25.1 Å². The molecule has 0 saturated carbocycles. The van der Waals surface area contributed by atoms with Crippen LogP contribution in [0.15, 0.2) is 29.2 Å². The summed E-state index contributed by atoms with van der Waals surface area (Å²) in [6.07, 6.45) is 4.66. The van der Waals surface area contributed by atoms with E-state index in [4.69, 9.17) is 4.74 Å². The maximum atomic E-state index is 12.7. The largest absolute Gasteiger partial charge is 0.461 e. The molecule has 0 aromatic heterocycles. The number of piperidine rings is 1. The van der Waals surface area contributed by atoms with Gasteiger partial charge in [0, 0.05) is 22.9 Å². The average Bonchev–Trinajstić information content (AvgIpc) is 2.93. The van der Waals surface area contributed by atoms with Gasteiger partial charge >= 0.3 is 5.97 Å². The lowest BCUT2D eigenvalue weighted by molar-refractivity contribution is -0.152. The van der Waals surface area contributed by atoms with E-state index in [0.717, 1.165) is 12.8 Å². The monoisotopic (exact) mass is 317 g/mol. The number of nitrogens with zero attached hydrogens (tertiary/aromatic N) is 1. The molecular formula is C18H23NO2S. The minimum absolute atomic E-state index is 0.0114. The molecule has 118 valence electrons. The SMILES string of the molecule is CC1c2ccccc2SC1C(=O)OC1C[C@H]2CC[C@@H](C1)N2C. The van der Waals surface area contributed by atoms with Crippen LogP contribution < -0.4 is 0 Å². The molecule has 3 heterocycles. The Bertz CT molecular complexity index is 576. The van der Waals surface area contributed by atoms with E-state index in [1.165, 1.54) is 23.3 Å². The predicted octanol–water partition coefficient (Wildman–Crippen LogP) is 3.43. The molecule has 0 radical (unpaired) electrons. The van der Waals surface area contributed by atoms with Crippen molar-refractivity contribution in [1.29, 1.82) is 0 Å². The minimum atomic E-state index is -0.0743. The number of esters is 1. The Labute approximate surface area is 136 Å². The van der Waals surface area contributed by atoms with E-state index in [9.17, 15) is 4.79 Å². The van der Waals surface area contributed by atoms with Crippen LogP contribution in [-0.4, -0.2) is 41.4 Å². The first kappa shape index (κ1) is 14.6. The van der Waals surface area contributed by atoms with Gasteiger partial charge in [-0.2, -0.15) is 0 Å². The van der Waals surface area contributed by atoms with Crippen molar-refractivity contribution in [1.82, 2.24) is 4.90 Å². The second-order valence-electron chi connectivity index (χ2n) is 6.95. The third-order valence-corrected chi connectivity index (χ3v) is 7.17. The van der Waals surface area contributed by atoms with Gasteiger partial charge in [0.1, 0.15) is 11.4 Å². The van der Waals surface area contributed by atoms with Crippen LogP contribution in [0.2, 0.25) is 0 Å². The first-order valence-corrected chi connectivity index (χ1v) is 9.19. The molecule has 5 atom stereocenters. The van der Waals surface area contributed by atoms with Crippen molar-refractivity contribution in [3.8, 4) is 0 Å². The molecule has 3 aliphatic rings. The number of carbonyl (C=O) groups is 1. The van der Waals surface area contributed by atoms with Gasteiger partial charge in [0.25, 0.3) is 0 Å². The number of hydrogen-bond donors (Lipinski definition) is 0. The minimum Gasteiger partial charge on any atom is -0.461 e. The number of thioether (sulfide) groups is 1. The Morgan fingerprint density at radius 1 is 1.23 bits per heavy atom. The van der Waals surface area contributed by atoms with Crippen LogP contribution in [0.1, 0.15) is 44.1 Å². The summed E-state index contributed by atoms with van der Waals surface area (Å²) in [5, 5.41) is -0.0743. The summed E-state index contributed by atoms with van der Waals surface area (Å²) in [4.78, 5) is 16.4. The molecule has 0 amide bonds. The fourth-order valence-corrected chi connectivity index (χ4v) is 5.63. The Kier molecular flexibility index (Phi) is 3.69. The molecule has 3 unspecified atom stereocenters. The summed E-state index contributed by atoms with van der Waals surface area (Å²) in [7, 11) is 2.21. The van der Waals surface area contributed by atoms with E-state index in [1.807, 2.05) is 6.07 Å². The molecule has 0 aliphatic carbocycles. The van der Waals surface area contributed by atoms with Gasteiger partial charge in [0.2, 0.25) is 0 Å². The molecule has 2 saturated heterocycles. The zero-order valence-corrected chi connectivity index (χ0v) is 14.0. The van der Waals surface area contributed by atoms with Crippen LogP contribution in [0.5, 0.6) is 0 Å². The summed E-state index contributed by atoms with van der Waals surface area (Å²) in [6.45, 7) is 2.14. The van der Waals surface area contributed by atoms with Gasteiger partial charge in [-0.3, -0.25) is 4.79 Å². The summed E-state index contributed by atoms with van der Waals surface area (Å²) in [6, 6.07) is 9.57. The highest BCUT2D eigenvalue weighted by atomic mass is 32.2. The van der Waals surface area contributed by atoms with Crippen molar-refractivity contribution in [2.24, 2.45) is 0 Å². The molecule has 1 aromatic carbocycles. The molecule has 3 nitrogen and oxygen atoms in total. The third-order valence-electron chi connectivity index (χ3n) is 5.69. The normalized spacial score (nSPS) is 37.1. The molecule has 0 spiro atoms. The Morgan fingerprint density at radius 2 is 1.91 bits per heavy atom. The number of benzene rings is 1. The van der Waals surface area contributed by atoms with Crippen LogP contribution in [0.4, 0.5) is 0 Å². The van der Waals surface area contributed by atoms with Crippen LogP contribution in [0.25, 0.3) is 0 Å². The third kappa shape index (κ3) is 2.37. The van der Waals surface area contributed by atoms with Crippen molar-refractivity contribution < 1.29 is 9.53 Å². The quantitative estimate of drug-likeness (QED) is 0.782. The number of ether oxygens (including phenoxy) is 1. The highest BCUT2D eigenvalue weighted by molar-refractivity contribution is 8.01. The Hall–Kier alpha value is -1.00. The van der Waals surface area contributed by atoms with Crippen LogP contribution in [0, 0.1) is 0 Å². The molecule has 2 fully saturated rings. The Balaban J connectivity index is 1.42. The zero-order chi connectivity index (χ0) is 15.3. The topological polar surface area (TPSA) is 29.5 Å². The molecule has 4 rings (SSSR count). The fourth-order valence-electron chi connectivity index (χ4n) is 4.31. The smallest absolute Gasteiger partial charge is 0.320 e. The fraction of sp³-hybridized carbons (Fsp3) is 0.611. The lowest BCUT2D eigenvalue weighted by atomic mass is 9.97. The second-order valence-corrected chi connectivity index (χ2v) is 8.13. The van der Waals surface area contributed by atoms with Crippen molar-refractivity contribution in [3.05, 3.63) is 29.8 Å². The van der Waals surface area contributed by atoms with Crippen molar-refractivity contribution >= 4 is 17.7 Å². The first-order chi connectivity index (χ1) is 10.6. The summed E-state index contributed by atoms with van der Waals surface area (Å²) in [5.41, 5.74) is 1.29. The van der Waals surface area contributed by atoms with Gasteiger partial charge in [0.05, 0.1) is 0 Å². The van der Waals surface area contributed by atoms with E-state index in [-0.39, 0.29) is 23.2 Å². The number of carbonyl (C=O) groups excluding carboxylic acids is 1. The molecule has 3 aliphatic heterocycles. The molecular weight excluding hydrogens is 294 g/mol. The lowest BCUT2D eigenvalue weighted by Crippen LogP contribution is -2.44. The van der Waals surface area contributed by atoms with E-state index in [0.29, 0.717) is 12.1 Å². The summed E-state index contributed by atoms with van der Waals surface area (Å²) < 4.78 is 5.92. The van der Waals surface area contributed by atoms with Gasteiger partial charge in [-0.25, -0.2) is 0 Å². The van der Waals surface area contributed by atoms with Crippen molar-refractivity contribution in [2.75, 3.05) is 7.05 Å². The van der Waals surface area contributed by atoms with Crippen molar-refractivity contribution in [2.45, 2.75) is 66.9 Å². The van der Waals surface area contributed by atoms with Crippen LogP contribution in [-0.2, 0) is 9.53 Å². The first-order valence-electron chi connectivity index (χ1n) is 8.31. The maximum Gasteiger partial charge on any atom is 0.320 e. The molecule has 0 N–H and O–H groups in total. The lowest BCUT2D eigenvalue weighted by Gasteiger charge is -2.36. The van der Waals surface area contributed by atoms with Gasteiger partial charge in [0.15, 0.2) is 0 Å². The summed E-state index contributed by atoms with van der Waals surface area (Å²) >= 11 is 1.67. The summed E-state index contributed by atoms with van der Waals surface area (Å²) in [5.74, 6) is 0.235. The molecule has 2 bridgehead atoms. The average molecular weight is 317 g/mol. The van der Waals surface area contributed by atoms with Crippen LogP contribution in [0.3, 0.4) is 0 Å². The van der Waals surface area contributed by atoms with E-state index in [2.05, 4.69) is 37.1 Å². The van der Waals surface area contributed by atoms with Crippen molar-refractivity contribution in [3.63, 3.8) is 0 Å². The number of rotatable bonds is 2. The van der Waals surface area contributed by atoms with Crippen LogP contribution >= 0.6 is 11.8 Å². The van der Waals surface area contributed by atoms with E-state index < -0.39 is 0 Å². The standard InChI is InChI=1S/C18H23NO2S/c1-11-15-5-3-4-6-16(15)22-17(11)18(20)21-14-9-12-7-8-13(10-14)19(12)2/h3-6,11-14,17H,7-10H2,1-2H3/t11?,12-,13+,14?,17?. The van der Waals surface area contributed by atoms with E-state index >= 15 is 0 Å². The van der Waals surface area contributed by atoms with E-state index in [1.54, 1.807) is 11.8 Å². The number of fused-ring (bicyclic) bond motifs is 3. The van der Waals surface area contributed by atoms with Gasteiger partial charge < -0.3 is 9.64 Å². The zero-order valence-electron chi connectivity index (χ0n) is 13.2. The Morgan fingerprint density at radius 3 is 2.59 bits per heavy atom. The maximum absolute atomic E-state index is 12.7. The molecule has 1 aromatic rings. The predicted molar refractivity (Wildman–Crippen MR) is 88.2 cm³/mol. The van der Waals surface area contributed by atoms with Gasteiger partial charge in [-0.15, -0.1) is 11.8 Å². The molecule has 4 heteroatoms. The van der Waals surface area contributed by atoms with Gasteiger partial charge in [-0.05, 0) is 44.4 Å². The highest BCUT2D eigenvalue weighted by Crippen LogP contribution is 2.46. The molecule has 22 heavy (non-hydrogen) atoms. The second kappa shape index (κ2) is 5.57. The number of hydrogen-bond acceptors (Lipinski definition) is 4.